The highest BCUT2D eigenvalue weighted by Crippen LogP contribution is 2.30. The molecule has 2 amide bonds. The summed E-state index contributed by atoms with van der Waals surface area (Å²) in [6.07, 6.45) is 2.87. The highest BCUT2D eigenvalue weighted by atomic mass is 16.5. The lowest BCUT2D eigenvalue weighted by Crippen LogP contribution is -2.58. The van der Waals surface area contributed by atoms with Crippen molar-refractivity contribution in [3.05, 3.63) is 0 Å². The normalized spacial score (nSPS) is 36.0. The van der Waals surface area contributed by atoms with Crippen molar-refractivity contribution in [2.45, 2.75) is 38.3 Å². The zero-order chi connectivity index (χ0) is 14.0. The molecule has 1 heterocycles. The maximum Gasteiger partial charge on any atom is 0.242 e. The fraction of sp³-hybridized carbons (Fsp3) is 0.846. The van der Waals surface area contributed by atoms with Crippen molar-refractivity contribution < 1.29 is 14.3 Å². The molecule has 1 saturated carbocycles. The number of morpholine rings is 1. The van der Waals surface area contributed by atoms with Gasteiger partial charge in [-0.15, -0.1) is 0 Å². The van der Waals surface area contributed by atoms with Gasteiger partial charge in [0.15, 0.2) is 0 Å². The molecule has 2 rings (SSSR count). The number of nitrogens with zero attached hydrogens (tertiary/aromatic N) is 1. The molecule has 2 fully saturated rings. The van der Waals surface area contributed by atoms with Crippen molar-refractivity contribution in [1.29, 1.82) is 0 Å². The van der Waals surface area contributed by atoms with Crippen LogP contribution in [-0.4, -0.2) is 48.6 Å². The minimum atomic E-state index is -0.648. The number of carbonyl (C=O) groups excluding carboxylic acids is 2. The van der Waals surface area contributed by atoms with Crippen LogP contribution in [-0.2, 0) is 14.3 Å². The van der Waals surface area contributed by atoms with Crippen LogP contribution in [0.1, 0.15) is 26.2 Å². The number of amides is 2. The summed E-state index contributed by atoms with van der Waals surface area (Å²) in [7, 11) is 0. The predicted molar refractivity (Wildman–Crippen MR) is 70.0 cm³/mol. The summed E-state index contributed by atoms with van der Waals surface area (Å²) in [5, 5.41) is 0. The zero-order valence-electron chi connectivity index (χ0n) is 11.4. The Labute approximate surface area is 113 Å². The average molecular weight is 269 g/mol. The van der Waals surface area contributed by atoms with E-state index in [0.717, 1.165) is 19.3 Å². The molecule has 4 atom stereocenters. The van der Waals surface area contributed by atoms with Crippen molar-refractivity contribution >= 4 is 11.8 Å². The quantitative estimate of drug-likeness (QED) is 0.703. The summed E-state index contributed by atoms with van der Waals surface area (Å²) < 4.78 is 5.23. The smallest absolute Gasteiger partial charge is 0.242 e. The number of ether oxygens (including phenoxy) is 1. The van der Waals surface area contributed by atoms with E-state index in [9.17, 15) is 9.59 Å². The Morgan fingerprint density at radius 1 is 1.32 bits per heavy atom. The number of rotatable bonds is 2. The molecule has 19 heavy (non-hydrogen) atoms. The molecule has 2 aliphatic rings. The maximum absolute atomic E-state index is 12.6. The van der Waals surface area contributed by atoms with Gasteiger partial charge in [0.25, 0.3) is 0 Å². The Morgan fingerprint density at radius 3 is 2.74 bits per heavy atom. The van der Waals surface area contributed by atoms with Crippen LogP contribution in [0.3, 0.4) is 0 Å². The Balaban J connectivity index is 2.10. The van der Waals surface area contributed by atoms with Gasteiger partial charge in [-0.05, 0) is 18.8 Å². The topological polar surface area (TPSA) is 98.6 Å². The van der Waals surface area contributed by atoms with Gasteiger partial charge in [0.1, 0.15) is 6.04 Å². The van der Waals surface area contributed by atoms with Crippen LogP contribution >= 0.6 is 0 Å². The minimum Gasteiger partial charge on any atom is -0.377 e. The molecular formula is C13H23N3O3. The van der Waals surface area contributed by atoms with Crippen LogP contribution in [0.5, 0.6) is 0 Å². The van der Waals surface area contributed by atoms with E-state index in [-0.39, 0.29) is 24.5 Å². The van der Waals surface area contributed by atoms with Crippen molar-refractivity contribution in [2.24, 2.45) is 23.3 Å². The Morgan fingerprint density at radius 2 is 2.05 bits per heavy atom. The maximum atomic E-state index is 12.6. The first-order valence-electron chi connectivity index (χ1n) is 6.95. The first kappa shape index (κ1) is 14.3. The molecular weight excluding hydrogens is 246 g/mol. The fourth-order valence-corrected chi connectivity index (χ4v) is 3.05. The van der Waals surface area contributed by atoms with Crippen LogP contribution in [0.25, 0.3) is 0 Å². The predicted octanol–water partition coefficient (Wildman–Crippen LogP) is -0.537. The van der Waals surface area contributed by atoms with Gasteiger partial charge in [-0.1, -0.05) is 13.3 Å². The highest BCUT2D eigenvalue weighted by molar-refractivity contribution is 5.88. The van der Waals surface area contributed by atoms with Crippen molar-refractivity contribution in [2.75, 3.05) is 19.8 Å². The van der Waals surface area contributed by atoms with E-state index in [2.05, 4.69) is 6.92 Å². The Hall–Kier alpha value is -1.14. The lowest BCUT2D eigenvalue weighted by Gasteiger charge is -2.40. The van der Waals surface area contributed by atoms with Crippen LogP contribution in [0.15, 0.2) is 0 Å². The molecule has 6 heteroatoms. The molecule has 0 aromatic rings. The number of carbonyl (C=O) groups is 2. The molecule has 108 valence electrons. The van der Waals surface area contributed by atoms with E-state index in [4.69, 9.17) is 16.2 Å². The second kappa shape index (κ2) is 5.88. The third-order valence-corrected chi connectivity index (χ3v) is 4.35. The summed E-state index contributed by atoms with van der Waals surface area (Å²) >= 11 is 0. The van der Waals surface area contributed by atoms with E-state index >= 15 is 0 Å². The molecule has 4 unspecified atom stereocenters. The van der Waals surface area contributed by atoms with Crippen LogP contribution in [0.4, 0.5) is 0 Å². The van der Waals surface area contributed by atoms with Crippen LogP contribution < -0.4 is 11.5 Å². The van der Waals surface area contributed by atoms with Crippen LogP contribution in [0, 0.1) is 11.8 Å². The van der Waals surface area contributed by atoms with Crippen molar-refractivity contribution in [3.63, 3.8) is 0 Å². The standard InChI is InChI=1S/C13H23N3O3/c1-8-3-2-4-9(11(8)14)13(18)16-5-6-19-7-10(16)12(15)17/h8-11H,2-7,14H2,1H3,(H2,15,17). The number of primary amides is 1. The molecule has 0 bridgehead atoms. The van der Waals surface area contributed by atoms with Gasteiger partial charge in [0.2, 0.25) is 11.8 Å². The molecule has 6 nitrogen and oxygen atoms in total. The van der Waals surface area contributed by atoms with Gasteiger partial charge in [-0.3, -0.25) is 9.59 Å². The first-order valence-corrected chi connectivity index (χ1v) is 6.95. The number of hydrogen-bond acceptors (Lipinski definition) is 4. The molecule has 0 radical (unpaired) electrons. The van der Waals surface area contributed by atoms with E-state index in [0.29, 0.717) is 19.1 Å². The number of hydrogen-bond donors (Lipinski definition) is 2. The third kappa shape index (κ3) is 2.90. The lowest BCUT2D eigenvalue weighted by molar-refractivity contribution is -0.152. The summed E-state index contributed by atoms with van der Waals surface area (Å²) in [5.74, 6) is -0.393. The molecule has 0 spiro atoms. The van der Waals surface area contributed by atoms with Gasteiger partial charge in [-0.2, -0.15) is 0 Å². The van der Waals surface area contributed by atoms with Crippen molar-refractivity contribution in [3.8, 4) is 0 Å². The second-order valence-electron chi connectivity index (χ2n) is 5.62. The van der Waals surface area contributed by atoms with Gasteiger partial charge >= 0.3 is 0 Å². The van der Waals surface area contributed by atoms with E-state index in [1.807, 2.05) is 0 Å². The molecule has 0 aromatic carbocycles. The Kier molecular flexibility index (Phi) is 4.42. The lowest BCUT2D eigenvalue weighted by atomic mass is 9.77. The average Bonchev–Trinajstić information content (AvgIpc) is 2.41. The van der Waals surface area contributed by atoms with Gasteiger partial charge in [0, 0.05) is 12.6 Å². The Bertz CT molecular complexity index is 361. The third-order valence-electron chi connectivity index (χ3n) is 4.35. The summed E-state index contributed by atoms with van der Waals surface area (Å²) in [6, 6.07) is -0.775. The second-order valence-corrected chi connectivity index (χ2v) is 5.62. The summed E-state index contributed by atoms with van der Waals surface area (Å²) in [5.41, 5.74) is 11.5. The van der Waals surface area contributed by atoms with Gasteiger partial charge in [-0.25, -0.2) is 0 Å². The van der Waals surface area contributed by atoms with Crippen LogP contribution in [0.2, 0.25) is 0 Å². The monoisotopic (exact) mass is 269 g/mol. The molecule has 4 N–H and O–H groups in total. The summed E-state index contributed by atoms with van der Waals surface area (Å²) in [6.45, 7) is 3.14. The highest BCUT2D eigenvalue weighted by Gasteiger charge is 2.39. The summed E-state index contributed by atoms with van der Waals surface area (Å²) in [4.78, 5) is 25.6. The van der Waals surface area contributed by atoms with E-state index < -0.39 is 11.9 Å². The molecule has 1 aliphatic carbocycles. The molecule has 0 aromatic heterocycles. The molecule has 1 aliphatic heterocycles. The SMILES string of the molecule is CC1CCCC(C(=O)N2CCOCC2C(N)=O)C1N. The fourth-order valence-electron chi connectivity index (χ4n) is 3.05. The van der Waals surface area contributed by atoms with Gasteiger partial charge < -0.3 is 21.1 Å². The first-order chi connectivity index (χ1) is 9.02. The largest absolute Gasteiger partial charge is 0.377 e. The zero-order valence-corrected chi connectivity index (χ0v) is 11.4. The number of nitrogens with two attached hydrogens (primary N) is 2. The van der Waals surface area contributed by atoms with Gasteiger partial charge in [0.05, 0.1) is 19.1 Å². The van der Waals surface area contributed by atoms with Crippen molar-refractivity contribution in [1.82, 2.24) is 4.90 Å². The van der Waals surface area contributed by atoms with E-state index in [1.54, 1.807) is 4.90 Å². The van der Waals surface area contributed by atoms with E-state index in [1.165, 1.54) is 0 Å². The molecule has 1 saturated heterocycles. The minimum absolute atomic E-state index is 0.0360.